The molecule has 1 aromatic heterocycles. The summed E-state index contributed by atoms with van der Waals surface area (Å²) in [7, 11) is 0. The molecule has 0 fully saturated rings. The number of nitrogens with one attached hydrogen (secondary N) is 2. The zero-order valence-corrected chi connectivity index (χ0v) is 23.7. The van der Waals surface area contributed by atoms with Gasteiger partial charge in [-0.25, -0.2) is 0 Å². The second-order valence-corrected chi connectivity index (χ2v) is 11.0. The van der Waals surface area contributed by atoms with Crippen molar-refractivity contribution in [3.63, 3.8) is 0 Å². The summed E-state index contributed by atoms with van der Waals surface area (Å²) in [5.41, 5.74) is 0.760. The molecule has 0 unspecified atom stereocenters. The molecule has 12 heteroatoms. The van der Waals surface area contributed by atoms with E-state index in [0.717, 1.165) is 0 Å². The van der Waals surface area contributed by atoms with E-state index in [9.17, 15) is 9.59 Å². The van der Waals surface area contributed by atoms with Crippen molar-refractivity contribution in [2.45, 2.75) is 44.9 Å². The number of rotatable bonds is 10. The molecule has 0 radical (unpaired) electrons. The Hall–Kier alpha value is -1.97. The molecule has 3 aromatic rings. The SMILES string of the molecule is CCn1c(SCC(=O)Nc2cc(Cl)ccc2Cl)nnc1[C@H](CC(C)C)NC(=O)c1ccc(Cl)cc1Cl. The number of carbonyl (C=O) groups excluding carboxylic acids is 2. The van der Waals surface area contributed by atoms with E-state index < -0.39 is 6.04 Å². The number of anilines is 1. The predicted molar refractivity (Wildman–Crippen MR) is 148 cm³/mol. The molecule has 0 aliphatic rings. The third kappa shape index (κ3) is 7.52. The van der Waals surface area contributed by atoms with E-state index in [1.54, 1.807) is 30.3 Å². The van der Waals surface area contributed by atoms with Crippen molar-refractivity contribution in [3.05, 3.63) is 67.9 Å². The van der Waals surface area contributed by atoms with Crippen LogP contribution in [0.2, 0.25) is 20.1 Å². The van der Waals surface area contributed by atoms with Crippen molar-refractivity contribution in [1.29, 1.82) is 0 Å². The summed E-state index contributed by atoms with van der Waals surface area (Å²) < 4.78 is 1.89. The average molecular weight is 589 g/mol. The molecule has 7 nitrogen and oxygen atoms in total. The van der Waals surface area contributed by atoms with Crippen LogP contribution < -0.4 is 10.6 Å². The Morgan fingerprint density at radius 3 is 2.36 bits per heavy atom. The lowest BCUT2D eigenvalue weighted by Crippen LogP contribution is -2.32. The molecule has 1 atom stereocenters. The summed E-state index contributed by atoms with van der Waals surface area (Å²) in [6, 6.07) is 9.17. The summed E-state index contributed by atoms with van der Waals surface area (Å²) in [6.07, 6.45) is 0.632. The van der Waals surface area contributed by atoms with E-state index in [0.29, 0.717) is 50.3 Å². The summed E-state index contributed by atoms with van der Waals surface area (Å²) in [5.74, 6) is 0.358. The van der Waals surface area contributed by atoms with E-state index >= 15 is 0 Å². The molecule has 1 heterocycles. The first-order valence-corrected chi connectivity index (χ1v) is 13.7. The number of amides is 2. The van der Waals surface area contributed by atoms with Crippen LogP contribution in [0.1, 0.15) is 49.4 Å². The monoisotopic (exact) mass is 587 g/mol. The Bertz CT molecular complexity index is 1250. The first kappa shape index (κ1) is 28.6. The highest BCUT2D eigenvalue weighted by Crippen LogP contribution is 2.28. The van der Waals surface area contributed by atoms with Crippen LogP contribution in [0.3, 0.4) is 0 Å². The normalized spacial score (nSPS) is 12.0. The van der Waals surface area contributed by atoms with Crippen molar-refractivity contribution in [2.75, 3.05) is 11.1 Å². The molecule has 0 saturated carbocycles. The smallest absolute Gasteiger partial charge is 0.253 e. The quantitative estimate of drug-likeness (QED) is 0.245. The number of aromatic nitrogens is 3. The number of carbonyl (C=O) groups is 2. The number of benzene rings is 2. The fraction of sp³-hybridized carbons (Fsp3) is 0.333. The fourth-order valence-corrected chi connectivity index (χ4v) is 5.12. The molecule has 2 aromatic carbocycles. The molecule has 0 saturated heterocycles. The first-order valence-electron chi connectivity index (χ1n) is 11.2. The van der Waals surface area contributed by atoms with Crippen LogP contribution in [0, 0.1) is 5.92 Å². The number of halogens is 4. The first-order chi connectivity index (χ1) is 17.1. The average Bonchev–Trinajstić information content (AvgIpc) is 3.22. The maximum Gasteiger partial charge on any atom is 0.253 e. The Morgan fingerprint density at radius 2 is 1.69 bits per heavy atom. The third-order valence-electron chi connectivity index (χ3n) is 5.10. The van der Waals surface area contributed by atoms with Gasteiger partial charge in [0.25, 0.3) is 5.91 Å². The largest absolute Gasteiger partial charge is 0.342 e. The molecule has 2 amide bonds. The van der Waals surface area contributed by atoms with Crippen LogP contribution >= 0.6 is 58.2 Å². The Morgan fingerprint density at radius 1 is 1.00 bits per heavy atom. The van der Waals surface area contributed by atoms with Gasteiger partial charge in [-0.3, -0.25) is 9.59 Å². The lowest BCUT2D eigenvalue weighted by atomic mass is 10.0. The Balaban J connectivity index is 1.76. The lowest BCUT2D eigenvalue weighted by Gasteiger charge is -2.21. The van der Waals surface area contributed by atoms with Gasteiger partial charge in [0.15, 0.2) is 11.0 Å². The van der Waals surface area contributed by atoms with E-state index in [-0.39, 0.29) is 28.5 Å². The van der Waals surface area contributed by atoms with E-state index in [4.69, 9.17) is 46.4 Å². The molecule has 0 aliphatic carbocycles. The van der Waals surface area contributed by atoms with Crippen LogP contribution in [0.5, 0.6) is 0 Å². The Kier molecular flexibility index (Phi) is 10.3. The summed E-state index contributed by atoms with van der Waals surface area (Å²) >= 11 is 25.6. The number of hydrogen-bond acceptors (Lipinski definition) is 5. The van der Waals surface area contributed by atoms with Crippen molar-refractivity contribution < 1.29 is 9.59 Å². The minimum absolute atomic E-state index is 0.0859. The highest BCUT2D eigenvalue weighted by molar-refractivity contribution is 7.99. The van der Waals surface area contributed by atoms with Gasteiger partial charge in [-0.15, -0.1) is 10.2 Å². The molecular weight excluding hydrogens is 564 g/mol. The van der Waals surface area contributed by atoms with E-state index in [1.807, 2.05) is 11.5 Å². The van der Waals surface area contributed by atoms with E-state index in [2.05, 4.69) is 34.7 Å². The van der Waals surface area contributed by atoms with Crippen LogP contribution in [0.4, 0.5) is 5.69 Å². The van der Waals surface area contributed by atoms with Crippen molar-refractivity contribution >= 4 is 75.7 Å². The fourth-order valence-electron chi connectivity index (χ4n) is 3.48. The topological polar surface area (TPSA) is 88.9 Å². The third-order valence-corrected chi connectivity index (χ3v) is 7.18. The molecule has 2 N–H and O–H groups in total. The summed E-state index contributed by atoms with van der Waals surface area (Å²) in [5, 5.41) is 16.6. The number of nitrogens with zero attached hydrogens (tertiary/aromatic N) is 3. The molecule has 36 heavy (non-hydrogen) atoms. The van der Waals surface area contributed by atoms with Crippen LogP contribution in [-0.2, 0) is 11.3 Å². The lowest BCUT2D eigenvalue weighted by molar-refractivity contribution is -0.113. The van der Waals surface area contributed by atoms with Gasteiger partial charge in [0, 0.05) is 16.6 Å². The standard InChI is InChI=1S/C24H25Cl4N5O2S/c1-4-33-22(20(9-13(2)3)30-23(35)16-7-5-14(25)10-18(16)28)31-32-24(33)36-12-21(34)29-19-11-15(26)6-8-17(19)27/h5-8,10-11,13,20H,4,9,12H2,1-3H3,(H,29,34)(H,30,35)/t20-/m0/s1. The van der Waals surface area contributed by atoms with Crippen molar-refractivity contribution in [1.82, 2.24) is 20.1 Å². The zero-order valence-electron chi connectivity index (χ0n) is 19.8. The highest BCUT2D eigenvalue weighted by Gasteiger charge is 2.25. The van der Waals surface area contributed by atoms with Crippen LogP contribution in [0.25, 0.3) is 0 Å². The Labute approximate surface area is 234 Å². The molecule has 0 spiro atoms. The van der Waals surface area contributed by atoms with Crippen molar-refractivity contribution in [3.8, 4) is 0 Å². The maximum atomic E-state index is 13.0. The van der Waals surface area contributed by atoms with Gasteiger partial charge in [-0.05, 0) is 55.7 Å². The molecule has 192 valence electrons. The van der Waals surface area contributed by atoms with Gasteiger partial charge >= 0.3 is 0 Å². The zero-order chi connectivity index (χ0) is 26.4. The van der Waals surface area contributed by atoms with Gasteiger partial charge < -0.3 is 15.2 Å². The molecule has 0 aliphatic heterocycles. The molecule has 3 rings (SSSR count). The maximum absolute atomic E-state index is 13.0. The number of thioether (sulfide) groups is 1. The van der Waals surface area contributed by atoms with Crippen LogP contribution in [-0.4, -0.2) is 32.3 Å². The van der Waals surface area contributed by atoms with E-state index in [1.165, 1.54) is 17.8 Å². The highest BCUT2D eigenvalue weighted by atomic mass is 35.5. The van der Waals surface area contributed by atoms with Gasteiger partial charge in [-0.2, -0.15) is 0 Å². The second kappa shape index (κ2) is 13.0. The summed E-state index contributed by atoms with van der Waals surface area (Å²) in [4.78, 5) is 25.5. The summed E-state index contributed by atoms with van der Waals surface area (Å²) in [6.45, 7) is 6.62. The minimum Gasteiger partial charge on any atom is -0.342 e. The van der Waals surface area contributed by atoms with Gasteiger partial charge in [-0.1, -0.05) is 72.0 Å². The minimum atomic E-state index is -0.412. The molecule has 0 bridgehead atoms. The van der Waals surface area contributed by atoms with Gasteiger partial charge in [0.2, 0.25) is 5.91 Å². The second-order valence-electron chi connectivity index (χ2n) is 8.33. The molecular formula is C24H25Cl4N5O2S. The van der Waals surface area contributed by atoms with Gasteiger partial charge in [0.05, 0.1) is 33.1 Å². The van der Waals surface area contributed by atoms with Crippen LogP contribution in [0.15, 0.2) is 41.6 Å². The van der Waals surface area contributed by atoms with Crippen molar-refractivity contribution in [2.24, 2.45) is 5.92 Å². The predicted octanol–water partition coefficient (Wildman–Crippen LogP) is 7.16. The number of hydrogen-bond donors (Lipinski definition) is 2. The van der Waals surface area contributed by atoms with Gasteiger partial charge in [0.1, 0.15) is 0 Å².